The van der Waals surface area contributed by atoms with E-state index >= 15 is 0 Å². The summed E-state index contributed by atoms with van der Waals surface area (Å²) in [5, 5.41) is 3.13. The number of halogens is 1. The van der Waals surface area contributed by atoms with Gasteiger partial charge in [0.2, 0.25) is 0 Å². The average molecular weight is 393 g/mol. The molecule has 0 spiro atoms. The van der Waals surface area contributed by atoms with Crippen LogP contribution in [0, 0.1) is 20.8 Å². The molecule has 1 heterocycles. The summed E-state index contributed by atoms with van der Waals surface area (Å²) in [6.07, 6.45) is 0. The smallest absolute Gasteiger partial charge is 0.355 e. The van der Waals surface area contributed by atoms with Gasteiger partial charge in [-0.25, -0.2) is 9.59 Å². The molecule has 144 valence electrons. The van der Waals surface area contributed by atoms with Crippen LogP contribution in [-0.2, 0) is 14.3 Å². The molecular formula is C19H21ClN2O5. The van der Waals surface area contributed by atoms with Gasteiger partial charge in [-0.1, -0.05) is 17.7 Å². The van der Waals surface area contributed by atoms with Gasteiger partial charge in [-0.15, -0.1) is 0 Å². The van der Waals surface area contributed by atoms with Crippen LogP contribution in [0.5, 0.6) is 0 Å². The Bertz CT molecular complexity index is 888. The van der Waals surface area contributed by atoms with Crippen molar-refractivity contribution in [3.63, 3.8) is 0 Å². The van der Waals surface area contributed by atoms with Crippen molar-refractivity contribution in [1.29, 1.82) is 0 Å². The van der Waals surface area contributed by atoms with Crippen molar-refractivity contribution in [2.45, 2.75) is 27.7 Å². The van der Waals surface area contributed by atoms with Crippen LogP contribution < -0.4 is 5.32 Å². The Morgan fingerprint density at radius 2 is 1.81 bits per heavy atom. The molecule has 2 rings (SSSR count). The Labute approximate surface area is 162 Å². The average Bonchev–Trinajstić information content (AvgIpc) is 2.91. The van der Waals surface area contributed by atoms with Crippen LogP contribution in [0.4, 0.5) is 5.69 Å². The lowest BCUT2D eigenvalue weighted by atomic mass is 10.1. The molecule has 0 atom stereocenters. The largest absolute Gasteiger partial charge is 0.461 e. The van der Waals surface area contributed by atoms with Crippen LogP contribution in [0.1, 0.15) is 44.6 Å². The van der Waals surface area contributed by atoms with Gasteiger partial charge in [0, 0.05) is 16.4 Å². The van der Waals surface area contributed by atoms with Crippen molar-refractivity contribution < 1.29 is 23.9 Å². The van der Waals surface area contributed by atoms with Crippen molar-refractivity contribution in [2.24, 2.45) is 0 Å². The molecule has 0 unspecified atom stereocenters. The lowest BCUT2D eigenvalue weighted by molar-refractivity contribution is -0.119. The number of ether oxygens (including phenoxy) is 2. The first-order valence-corrected chi connectivity index (χ1v) is 8.71. The Morgan fingerprint density at radius 1 is 1.11 bits per heavy atom. The molecule has 27 heavy (non-hydrogen) atoms. The van der Waals surface area contributed by atoms with Crippen LogP contribution in [-0.4, -0.2) is 36.0 Å². The van der Waals surface area contributed by atoms with E-state index in [1.165, 1.54) is 0 Å². The summed E-state index contributed by atoms with van der Waals surface area (Å²) < 4.78 is 10.0. The predicted molar refractivity (Wildman–Crippen MR) is 101 cm³/mol. The van der Waals surface area contributed by atoms with Crippen LogP contribution in [0.15, 0.2) is 18.2 Å². The zero-order valence-corrected chi connectivity index (χ0v) is 16.3. The number of hydrogen-bond acceptors (Lipinski definition) is 5. The van der Waals surface area contributed by atoms with Crippen LogP contribution in [0.3, 0.4) is 0 Å². The van der Waals surface area contributed by atoms with Crippen molar-refractivity contribution in [3.05, 3.63) is 51.3 Å². The molecule has 2 aromatic rings. The lowest BCUT2D eigenvalue weighted by Crippen LogP contribution is -2.21. The standard InChI is InChI=1S/C19H21ClN2O5/c1-5-26-19(25)17-11(3)16(12(4)21-17)18(24)27-9-15(23)22-14-8-13(20)7-6-10(14)2/h6-8,21H,5,9H2,1-4H3,(H,22,23). The van der Waals surface area contributed by atoms with E-state index in [2.05, 4.69) is 10.3 Å². The van der Waals surface area contributed by atoms with E-state index in [1.54, 1.807) is 39.0 Å². The number of carbonyl (C=O) groups excluding carboxylic acids is 3. The number of benzene rings is 1. The summed E-state index contributed by atoms with van der Waals surface area (Å²) in [5.74, 6) is -1.74. The molecule has 0 bridgehead atoms. The SMILES string of the molecule is CCOC(=O)c1[nH]c(C)c(C(=O)OCC(=O)Nc2cc(Cl)ccc2C)c1C. The van der Waals surface area contributed by atoms with Gasteiger partial charge in [0.1, 0.15) is 5.69 Å². The fourth-order valence-electron chi connectivity index (χ4n) is 2.58. The number of aromatic nitrogens is 1. The Balaban J connectivity index is 2.04. The van der Waals surface area contributed by atoms with Gasteiger partial charge in [0.05, 0.1) is 12.2 Å². The van der Waals surface area contributed by atoms with Gasteiger partial charge < -0.3 is 19.8 Å². The second kappa shape index (κ2) is 8.73. The third kappa shape index (κ3) is 4.89. The molecule has 1 aromatic carbocycles. The summed E-state index contributed by atoms with van der Waals surface area (Å²) in [6.45, 7) is 6.52. The van der Waals surface area contributed by atoms with Crippen molar-refractivity contribution >= 4 is 35.1 Å². The molecule has 2 N–H and O–H groups in total. The number of carbonyl (C=O) groups is 3. The first-order valence-electron chi connectivity index (χ1n) is 8.34. The maximum absolute atomic E-state index is 12.4. The molecule has 0 saturated carbocycles. The highest BCUT2D eigenvalue weighted by Gasteiger charge is 2.24. The first-order chi connectivity index (χ1) is 12.7. The number of hydrogen-bond donors (Lipinski definition) is 2. The fraction of sp³-hybridized carbons (Fsp3) is 0.316. The number of rotatable bonds is 6. The number of aryl methyl sites for hydroxylation is 2. The number of esters is 2. The number of nitrogens with one attached hydrogen (secondary N) is 2. The number of aromatic amines is 1. The molecule has 0 aliphatic rings. The van der Waals surface area contributed by atoms with Crippen LogP contribution >= 0.6 is 11.6 Å². The van der Waals surface area contributed by atoms with E-state index in [4.69, 9.17) is 21.1 Å². The summed E-state index contributed by atoms with van der Waals surface area (Å²) in [6, 6.07) is 5.10. The van der Waals surface area contributed by atoms with Gasteiger partial charge in [-0.05, 0) is 51.0 Å². The second-order valence-electron chi connectivity index (χ2n) is 5.93. The number of amides is 1. The highest BCUT2D eigenvalue weighted by Crippen LogP contribution is 2.21. The monoisotopic (exact) mass is 392 g/mol. The van der Waals surface area contributed by atoms with Gasteiger partial charge in [0.15, 0.2) is 6.61 Å². The van der Waals surface area contributed by atoms with Crippen LogP contribution in [0.25, 0.3) is 0 Å². The third-order valence-corrected chi connectivity index (χ3v) is 4.16. The molecule has 0 radical (unpaired) electrons. The van der Waals surface area contributed by atoms with Gasteiger partial charge in [-0.2, -0.15) is 0 Å². The summed E-state index contributed by atoms with van der Waals surface area (Å²) in [7, 11) is 0. The number of anilines is 1. The van der Waals surface area contributed by atoms with E-state index in [9.17, 15) is 14.4 Å². The van der Waals surface area contributed by atoms with Gasteiger partial charge in [-0.3, -0.25) is 4.79 Å². The molecule has 0 fully saturated rings. The Morgan fingerprint density at radius 3 is 2.48 bits per heavy atom. The second-order valence-corrected chi connectivity index (χ2v) is 6.37. The topological polar surface area (TPSA) is 97.5 Å². The van der Waals surface area contributed by atoms with E-state index in [-0.39, 0.29) is 17.9 Å². The Kier molecular flexibility index (Phi) is 6.63. The van der Waals surface area contributed by atoms with Crippen LogP contribution in [0.2, 0.25) is 5.02 Å². The normalized spacial score (nSPS) is 10.4. The van der Waals surface area contributed by atoms with E-state index in [0.29, 0.717) is 22.0 Å². The maximum atomic E-state index is 12.4. The quantitative estimate of drug-likeness (QED) is 0.732. The molecule has 0 aliphatic heterocycles. The van der Waals surface area contributed by atoms with Gasteiger partial charge >= 0.3 is 11.9 Å². The predicted octanol–water partition coefficient (Wildman–Crippen LogP) is 3.57. The lowest BCUT2D eigenvalue weighted by Gasteiger charge is -2.09. The van der Waals surface area contributed by atoms with E-state index < -0.39 is 24.5 Å². The summed E-state index contributed by atoms with van der Waals surface area (Å²) >= 11 is 5.92. The zero-order chi connectivity index (χ0) is 20.1. The maximum Gasteiger partial charge on any atom is 0.355 e. The van der Waals surface area contributed by atoms with Gasteiger partial charge in [0.25, 0.3) is 5.91 Å². The highest BCUT2D eigenvalue weighted by atomic mass is 35.5. The van der Waals surface area contributed by atoms with Crippen molar-refractivity contribution in [1.82, 2.24) is 4.98 Å². The zero-order valence-electron chi connectivity index (χ0n) is 15.6. The minimum Gasteiger partial charge on any atom is -0.461 e. The minimum absolute atomic E-state index is 0.195. The van der Waals surface area contributed by atoms with E-state index in [1.807, 2.05) is 6.92 Å². The first kappa shape index (κ1) is 20.5. The fourth-order valence-corrected chi connectivity index (χ4v) is 2.75. The van der Waals surface area contributed by atoms with E-state index in [0.717, 1.165) is 5.56 Å². The molecule has 1 amide bonds. The molecule has 1 aromatic heterocycles. The summed E-state index contributed by atoms with van der Waals surface area (Å²) in [4.78, 5) is 39.2. The number of H-pyrrole nitrogens is 1. The molecular weight excluding hydrogens is 372 g/mol. The van der Waals surface area contributed by atoms with Crippen molar-refractivity contribution in [3.8, 4) is 0 Å². The molecule has 0 saturated heterocycles. The molecule has 7 nitrogen and oxygen atoms in total. The highest BCUT2D eigenvalue weighted by molar-refractivity contribution is 6.31. The Hall–Kier alpha value is -2.80. The molecule has 8 heteroatoms. The summed E-state index contributed by atoms with van der Waals surface area (Å²) in [5.41, 5.74) is 2.66. The van der Waals surface area contributed by atoms with Crippen molar-refractivity contribution in [2.75, 3.05) is 18.5 Å². The third-order valence-electron chi connectivity index (χ3n) is 3.93. The minimum atomic E-state index is -0.699. The molecule has 0 aliphatic carbocycles.